The Labute approximate surface area is 132 Å². The SMILES string of the molecule is COc1cccc(C(O)Cc2c(Br)c(C)nn2C)c1OC. The van der Waals surface area contributed by atoms with Gasteiger partial charge in [0.2, 0.25) is 0 Å². The second-order valence-corrected chi connectivity index (χ2v) is 5.57. The number of aliphatic hydroxyl groups excluding tert-OH is 1. The molecule has 0 radical (unpaired) electrons. The van der Waals surface area contributed by atoms with Gasteiger partial charge in [-0.1, -0.05) is 12.1 Å². The summed E-state index contributed by atoms with van der Waals surface area (Å²) in [7, 11) is 5.01. The van der Waals surface area contributed by atoms with Crippen molar-refractivity contribution < 1.29 is 14.6 Å². The summed E-state index contributed by atoms with van der Waals surface area (Å²) < 4.78 is 13.3. The van der Waals surface area contributed by atoms with E-state index in [1.807, 2.05) is 26.1 Å². The molecule has 0 fully saturated rings. The van der Waals surface area contributed by atoms with Crippen LogP contribution in [-0.4, -0.2) is 29.1 Å². The number of para-hydroxylation sites is 1. The van der Waals surface area contributed by atoms with Gasteiger partial charge in [0.05, 0.1) is 36.2 Å². The van der Waals surface area contributed by atoms with E-state index in [2.05, 4.69) is 21.0 Å². The number of aryl methyl sites for hydroxylation is 2. The second kappa shape index (κ2) is 6.49. The van der Waals surface area contributed by atoms with Crippen LogP contribution in [0, 0.1) is 6.92 Å². The van der Waals surface area contributed by atoms with Crippen molar-refractivity contribution >= 4 is 15.9 Å². The summed E-state index contributed by atoms with van der Waals surface area (Å²) in [4.78, 5) is 0. The summed E-state index contributed by atoms with van der Waals surface area (Å²) in [6.45, 7) is 1.92. The van der Waals surface area contributed by atoms with E-state index in [0.29, 0.717) is 23.5 Å². The van der Waals surface area contributed by atoms with Gasteiger partial charge in [0, 0.05) is 19.0 Å². The molecule has 2 rings (SSSR count). The molecule has 1 unspecified atom stereocenters. The van der Waals surface area contributed by atoms with E-state index >= 15 is 0 Å². The Morgan fingerprint density at radius 2 is 2.05 bits per heavy atom. The lowest BCUT2D eigenvalue weighted by molar-refractivity contribution is 0.170. The maximum atomic E-state index is 10.6. The lowest BCUT2D eigenvalue weighted by Crippen LogP contribution is -2.08. The Balaban J connectivity index is 2.34. The number of methoxy groups -OCH3 is 2. The monoisotopic (exact) mass is 354 g/mol. The molecule has 1 heterocycles. The highest BCUT2D eigenvalue weighted by atomic mass is 79.9. The number of benzene rings is 1. The van der Waals surface area contributed by atoms with E-state index in [-0.39, 0.29) is 0 Å². The number of nitrogens with zero attached hydrogens (tertiary/aromatic N) is 2. The molecular formula is C15H19BrN2O3. The number of aromatic nitrogens is 2. The van der Waals surface area contributed by atoms with Gasteiger partial charge in [-0.25, -0.2) is 0 Å². The fourth-order valence-corrected chi connectivity index (χ4v) is 2.87. The lowest BCUT2D eigenvalue weighted by atomic mass is 10.0. The quantitative estimate of drug-likeness (QED) is 0.896. The Morgan fingerprint density at radius 1 is 1.33 bits per heavy atom. The van der Waals surface area contributed by atoms with E-state index in [4.69, 9.17) is 9.47 Å². The maximum absolute atomic E-state index is 10.6. The van der Waals surface area contributed by atoms with E-state index in [0.717, 1.165) is 15.9 Å². The Morgan fingerprint density at radius 3 is 2.57 bits per heavy atom. The summed E-state index contributed by atoms with van der Waals surface area (Å²) in [6.07, 6.45) is -0.275. The van der Waals surface area contributed by atoms with Crippen LogP contribution in [0.25, 0.3) is 0 Å². The van der Waals surface area contributed by atoms with Gasteiger partial charge < -0.3 is 14.6 Å². The molecule has 1 N–H and O–H groups in total. The molecule has 0 saturated heterocycles. The molecule has 0 aliphatic heterocycles. The minimum Gasteiger partial charge on any atom is -0.493 e. The lowest BCUT2D eigenvalue weighted by Gasteiger charge is -2.17. The molecule has 6 heteroatoms. The second-order valence-electron chi connectivity index (χ2n) is 4.77. The van der Waals surface area contributed by atoms with Gasteiger partial charge in [-0.15, -0.1) is 0 Å². The van der Waals surface area contributed by atoms with Gasteiger partial charge in [-0.05, 0) is 28.9 Å². The van der Waals surface area contributed by atoms with Crippen molar-refractivity contribution in [2.24, 2.45) is 7.05 Å². The van der Waals surface area contributed by atoms with Crippen LogP contribution < -0.4 is 9.47 Å². The molecule has 0 aliphatic rings. The van der Waals surface area contributed by atoms with E-state index in [1.54, 1.807) is 25.0 Å². The third kappa shape index (κ3) is 3.06. The average Bonchev–Trinajstić information content (AvgIpc) is 2.72. The largest absolute Gasteiger partial charge is 0.493 e. The third-order valence-corrected chi connectivity index (χ3v) is 4.47. The molecular weight excluding hydrogens is 336 g/mol. The fourth-order valence-electron chi connectivity index (χ4n) is 2.37. The highest BCUT2D eigenvalue weighted by Crippen LogP contribution is 2.36. The van der Waals surface area contributed by atoms with Gasteiger partial charge in [0.25, 0.3) is 0 Å². The molecule has 0 spiro atoms. The van der Waals surface area contributed by atoms with Crippen molar-refractivity contribution in [2.45, 2.75) is 19.4 Å². The highest BCUT2D eigenvalue weighted by Gasteiger charge is 2.21. The Bertz CT molecular complexity index is 640. The van der Waals surface area contributed by atoms with Gasteiger partial charge in [-0.3, -0.25) is 4.68 Å². The van der Waals surface area contributed by atoms with Crippen molar-refractivity contribution in [2.75, 3.05) is 14.2 Å². The van der Waals surface area contributed by atoms with E-state index in [1.165, 1.54) is 0 Å². The summed E-state index contributed by atoms with van der Waals surface area (Å²) in [5.41, 5.74) is 2.53. The fraction of sp³-hybridized carbons (Fsp3) is 0.400. The van der Waals surface area contributed by atoms with Crippen molar-refractivity contribution in [1.82, 2.24) is 9.78 Å². The summed E-state index contributed by atoms with van der Waals surface area (Å²) in [5.74, 6) is 1.16. The van der Waals surface area contributed by atoms with Crippen molar-refractivity contribution in [3.8, 4) is 11.5 Å². The van der Waals surface area contributed by atoms with Gasteiger partial charge in [0.1, 0.15) is 0 Å². The van der Waals surface area contributed by atoms with Crippen LogP contribution >= 0.6 is 15.9 Å². The Kier molecular flexibility index (Phi) is 4.90. The summed E-state index contributed by atoms with van der Waals surface area (Å²) >= 11 is 3.52. The minimum atomic E-state index is -0.707. The first kappa shape index (κ1) is 15.9. The molecule has 1 aromatic heterocycles. The van der Waals surface area contributed by atoms with E-state index in [9.17, 15) is 5.11 Å². The van der Waals surface area contributed by atoms with Crippen molar-refractivity contribution in [3.05, 3.63) is 39.6 Å². The first-order valence-corrected chi connectivity index (χ1v) is 7.35. The minimum absolute atomic E-state index is 0.432. The molecule has 0 aliphatic carbocycles. The zero-order valence-corrected chi connectivity index (χ0v) is 14.1. The van der Waals surface area contributed by atoms with Crippen LogP contribution in [0.2, 0.25) is 0 Å². The van der Waals surface area contributed by atoms with Gasteiger partial charge in [-0.2, -0.15) is 5.10 Å². The third-order valence-electron chi connectivity index (χ3n) is 3.44. The van der Waals surface area contributed by atoms with Crippen LogP contribution in [0.4, 0.5) is 0 Å². The van der Waals surface area contributed by atoms with Gasteiger partial charge in [0.15, 0.2) is 11.5 Å². The predicted octanol–water partition coefficient (Wildman–Crippen LogP) is 2.78. The van der Waals surface area contributed by atoms with Crippen LogP contribution in [0.1, 0.15) is 23.1 Å². The van der Waals surface area contributed by atoms with Crippen molar-refractivity contribution in [1.29, 1.82) is 0 Å². The number of hydrogen-bond acceptors (Lipinski definition) is 4. The molecule has 21 heavy (non-hydrogen) atoms. The number of aliphatic hydroxyl groups is 1. The molecule has 0 saturated carbocycles. The number of ether oxygens (including phenoxy) is 2. The predicted molar refractivity (Wildman–Crippen MR) is 83.9 cm³/mol. The van der Waals surface area contributed by atoms with Gasteiger partial charge >= 0.3 is 0 Å². The zero-order chi connectivity index (χ0) is 15.6. The molecule has 0 bridgehead atoms. The van der Waals surface area contributed by atoms with Crippen LogP contribution in [-0.2, 0) is 13.5 Å². The molecule has 1 atom stereocenters. The topological polar surface area (TPSA) is 56.5 Å². The smallest absolute Gasteiger partial charge is 0.166 e. The molecule has 2 aromatic rings. The standard InChI is InChI=1S/C15H19BrN2O3/c1-9-14(16)11(18(2)17-9)8-12(19)10-6-5-7-13(20-3)15(10)21-4/h5-7,12,19H,8H2,1-4H3. The van der Waals surface area contributed by atoms with Crippen LogP contribution in [0.3, 0.4) is 0 Å². The molecule has 114 valence electrons. The van der Waals surface area contributed by atoms with Crippen molar-refractivity contribution in [3.63, 3.8) is 0 Å². The summed E-state index contributed by atoms with van der Waals surface area (Å²) in [6, 6.07) is 5.48. The average molecular weight is 355 g/mol. The maximum Gasteiger partial charge on any atom is 0.166 e. The normalized spacial score (nSPS) is 12.3. The molecule has 0 amide bonds. The first-order valence-electron chi connectivity index (χ1n) is 6.56. The molecule has 5 nitrogen and oxygen atoms in total. The zero-order valence-electron chi connectivity index (χ0n) is 12.6. The Hall–Kier alpha value is -1.53. The number of rotatable bonds is 5. The number of hydrogen-bond donors (Lipinski definition) is 1. The van der Waals surface area contributed by atoms with E-state index < -0.39 is 6.10 Å². The van der Waals surface area contributed by atoms with Crippen LogP contribution in [0.15, 0.2) is 22.7 Å². The van der Waals surface area contributed by atoms with Crippen LogP contribution in [0.5, 0.6) is 11.5 Å². The highest BCUT2D eigenvalue weighted by molar-refractivity contribution is 9.10. The molecule has 1 aromatic carbocycles. The first-order chi connectivity index (χ1) is 9.99. The summed E-state index contributed by atoms with van der Waals surface area (Å²) in [5, 5.41) is 14.9. The number of halogens is 1.